The van der Waals surface area contributed by atoms with Crippen LogP contribution in [0.4, 0.5) is 0 Å². The Morgan fingerprint density at radius 3 is 2.23 bits per heavy atom. The number of hydrogen-bond donors (Lipinski definition) is 1. The normalized spacial score (nSPS) is 11.8. The second-order valence-electron chi connectivity index (χ2n) is 2.94. The summed E-state index contributed by atoms with van der Waals surface area (Å²) in [5.74, 6) is 0.0614. The molecule has 1 aromatic carbocycles. The minimum Gasteiger partial charge on any atom is -0.511 e. The van der Waals surface area contributed by atoms with Gasteiger partial charge < -0.3 is 5.11 Å². The average Bonchev–Trinajstić information content (AvgIpc) is 2.09. The first-order valence-electron chi connectivity index (χ1n) is 4.02. The zero-order valence-corrected chi connectivity index (χ0v) is 7.70. The van der Waals surface area contributed by atoms with Crippen molar-refractivity contribution in [1.29, 1.82) is 5.26 Å². The maximum atomic E-state index is 9.19. The van der Waals surface area contributed by atoms with Crippen LogP contribution < -0.4 is 0 Å². The van der Waals surface area contributed by atoms with E-state index in [0.717, 1.165) is 11.1 Å². The van der Waals surface area contributed by atoms with Crippen molar-refractivity contribution in [2.75, 3.05) is 0 Å². The van der Waals surface area contributed by atoms with Crippen LogP contribution in [0.15, 0.2) is 30.0 Å². The highest BCUT2D eigenvalue weighted by atomic mass is 16.3. The molecule has 0 aliphatic carbocycles. The van der Waals surface area contributed by atoms with Gasteiger partial charge in [0, 0.05) is 0 Å². The number of allylic oxidation sites excluding steroid dienone is 2. The van der Waals surface area contributed by atoms with E-state index in [1.54, 1.807) is 0 Å². The molecule has 0 heterocycles. The predicted octanol–water partition coefficient (Wildman–Crippen LogP) is 2.81. The van der Waals surface area contributed by atoms with Gasteiger partial charge >= 0.3 is 0 Å². The number of hydrogen-bond acceptors (Lipinski definition) is 2. The van der Waals surface area contributed by atoms with E-state index < -0.39 is 0 Å². The Balaban J connectivity index is 3.17. The van der Waals surface area contributed by atoms with E-state index in [9.17, 15) is 5.11 Å². The number of aliphatic hydroxyl groups excluding tert-OH is 1. The molecule has 0 aromatic heterocycles. The van der Waals surface area contributed by atoms with Gasteiger partial charge in [-0.05, 0) is 19.4 Å². The molecule has 2 nitrogen and oxygen atoms in total. The molecule has 66 valence electrons. The molecule has 0 unspecified atom stereocenters. The molecule has 0 aliphatic heterocycles. The summed E-state index contributed by atoms with van der Waals surface area (Å²) in [5.41, 5.74) is 2.23. The highest BCUT2D eigenvalue weighted by Crippen LogP contribution is 2.16. The molecular weight excluding hydrogens is 162 g/mol. The lowest BCUT2D eigenvalue weighted by atomic mass is 10.0. The number of nitriles is 1. The van der Waals surface area contributed by atoms with Crippen LogP contribution in [0, 0.1) is 18.3 Å². The van der Waals surface area contributed by atoms with Crippen molar-refractivity contribution in [3.05, 3.63) is 41.2 Å². The topological polar surface area (TPSA) is 44.0 Å². The van der Waals surface area contributed by atoms with Crippen molar-refractivity contribution < 1.29 is 5.11 Å². The van der Waals surface area contributed by atoms with Crippen molar-refractivity contribution >= 4 is 5.57 Å². The largest absolute Gasteiger partial charge is 0.511 e. The van der Waals surface area contributed by atoms with E-state index in [0.29, 0.717) is 5.57 Å². The van der Waals surface area contributed by atoms with Crippen LogP contribution in [0.1, 0.15) is 18.1 Å². The Labute approximate surface area is 77.8 Å². The van der Waals surface area contributed by atoms with Crippen LogP contribution in [0.2, 0.25) is 0 Å². The molecule has 0 saturated carbocycles. The third-order valence-corrected chi connectivity index (χ3v) is 1.81. The summed E-state index contributed by atoms with van der Waals surface area (Å²) in [6, 6.07) is 9.45. The molecule has 1 rings (SSSR count). The van der Waals surface area contributed by atoms with Gasteiger partial charge in [0.05, 0.1) is 5.57 Å². The molecule has 1 aromatic rings. The Morgan fingerprint density at radius 2 is 1.85 bits per heavy atom. The van der Waals surface area contributed by atoms with Crippen LogP contribution >= 0.6 is 0 Å². The van der Waals surface area contributed by atoms with Gasteiger partial charge in [0.15, 0.2) is 0 Å². The van der Waals surface area contributed by atoms with E-state index in [1.807, 2.05) is 37.3 Å². The summed E-state index contributed by atoms with van der Waals surface area (Å²) in [4.78, 5) is 0. The number of aliphatic hydroxyl groups is 1. The first-order chi connectivity index (χ1) is 6.15. The molecule has 0 saturated heterocycles. The van der Waals surface area contributed by atoms with E-state index in [2.05, 4.69) is 0 Å². The number of benzene rings is 1. The van der Waals surface area contributed by atoms with Crippen molar-refractivity contribution in [3.8, 4) is 6.07 Å². The van der Waals surface area contributed by atoms with Crippen molar-refractivity contribution in [2.45, 2.75) is 13.8 Å². The van der Waals surface area contributed by atoms with Crippen LogP contribution in [0.5, 0.6) is 0 Å². The standard InChI is InChI=1S/C11H11NO/c1-8-3-5-10(6-4-8)11(7-12)9(2)13/h3-6,13H,1-2H3/b11-9-. The Kier molecular flexibility index (Phi) is 2.71. The van der Waals surface area contributed by atoms with Gasteiger partial charge in [-0.1, -0.05) is 29.8 Å². The van der Waals surface area contributed by atoms with Crippen molar-refractivity contribution in [2.24, 2.45) is 0 Å². The summed E-state index contributed by atoms with van der Waals surface area (Å²) in [5, 5.41) is 17.9. The summed E-state index contributed by atoms with van der Waals surface area (Å²) in [6.07, 6.45) is 0. The van der Waals surface area contributed by atoms with Crippen molar-refractivity contribution in [3.63, 3.8) is 0 Å². The van der Waals surface area contributed by atoms with Gasteiger partial charge in [-0.2, -0.15) is 5.26 Å². The summed E-state index contributed by atoms with van der Waals surface area (Å²) < 4.78 is 0. The fourth-order valence-corrected chi connectivity index (χ4v) is 1.07. The van der Waals surface area contributed by atoms with Gasteiger partial charge in [0.25, 0.3) is 0 Å². The minimum atomic E-state index is 0.0614. The van der Waals surface area contributed by atoms with Crippen LogP contribution in [-0.4, -0.2) is 5.11 Å². The third-order valence-electron chi connectivity index (χ3n) is 1.81. The maximum absolute atomic E-state index is 9.19. The molecule has 2 heteroatoms. The zero-order valence-electron chi connectivity index (χ0n) is 7.70. The number of rotatable bonds is 1. The lowest BCUT2D eigenvalue weighted by Crippen LogP contribution is -1.86. The van der Waals surface area contributed by atoms with Gasteiger partial charge in [-0.25, -0.2) is 0 Å². The fraction of sp³-hybridized carbons (Fsp3) is 0.182. The second kappa shape index (κ2) is 3.77. The van der Waals surface area contributed by atoms with E-state index in [-0.39, 0.29) is 5.76 Å². The highest BCUT2D eigenvalue weighted by Gasteiger charge is 2.03. The Morgan fingerprint density at radius 1 is 1.31 bits per heavy atom. The lowest BCUT2D eigenvalue weighted by Gasteiger charge is -2.00. The van der Waals surface area contributed by atoms with Crippen LogP contribution in [-0.2, 0) is 0 Å². The molecule has 0 spiro atoms. The van der Waals surface area contributed by atoms with Gasteiger partial charge in [-0.3, -0.25) is 0 Å². The number of nitrogens with zero attached hydrogens (tertiary/aromatic N) is 1. The zero-order chi connectivity index (χ0) is 9.84. The monoisotopic (exact) mass is 173 g/mol. The van der Waals surface area contributed by atoms with Gasteiger partial charge in [0.2, 0.25) is 0 Å². The lowest BCUT2D eigenvalue weighted by molar-refractivity contribution is 0.418. The van der Waals surface area contributed by atoms with Crippen LogP contribution in [0.25, 0.3) is 5.57 Å². The smallest absolute Gasteiger partial charge is 0.107 e. The summed E-state index contributed by atoms with van der Waals surface area (Å²) in [6.45, 7) is 3.49. The molecule has 0 amide bonds. The quantitative estimate of drug-likeness (QED) is 0.524. The minimum absolute atomic E-state index is 0.0614. The molecule has 0 bridgehead atoms. The van der Waals surface area contributed by atoms with Crippen molar-refractivity contribution in [1.82, 2.24) is 0 Å². The Hall–Kier alpha value is -1.75. The molecule has 0 radical (unpaired) electrons. The second-order valence-corrected chi connectivity index (χ2v) is 2.94. The highest BCUT2D eigenvalue weighted by molar-refractivity contribution is 5.77. The molecule has 1 N–H and O–H groups in total. The van der Waals surface area contributed by atoms with Gasteiger partial charge in [-0.15, -0.1) is 0 Å². The van der Waals surface area contributed by atoms with E-state index in [1.165, 1.54) is 6.92 Å². The van der Waals surface area contributed by atoms with Gasteiger partial charge in [0.1, 0.15) is 11.8 Å². The average molecular weight is 173 g/mol. The molecule has 13 heavy (non-hydrogen) atoms. The first-order valence-corrected chi connectivity index (χ1v) is 4.02. The van der Waals surface area contributed by atoms with E-state index >= 15 is 0 Å². The third kappa shape index (κ3) is 2.09. The number of aryl methyl sites for hydroxylation is 1. The predicted molar refractivity (Wildman–Crippen MR) is 52.0 cm³/mol. The summed E-state index contributed by atoms with van der Waals surface area (Å²) in [7, 11) is 0. The Bertz CT molecular complexity index is 364. The molecule has 0 aliphatic rings. The summed E-state index contributed by atoms with van der Waals surface area (Å²) >= 11 is 0. The maximum Gasteiger partial charge on any atom is 0.107 e. The SMILES string of the molecule is C/C(O)=C(\C#N)c1ccc(C)cc1. The fourth-order valence-electron chi connectivity index (χ4n) is 1.07. The molecule has 0 fully saturated rings. The molecule has 0 atom stereocenters. The molecular formula is C11H11NO. The first kappa shape index (κ1) is 9.34. The van der Waals surface area contributed by atoms with Crippen LogP contribution in [0.3, 0.4) is 0 Å². The van der Waals surface area contributed by atoms with E-state index in [4.69, 9.17) is 5.26 Å².